The van der Waals surface area contributed by atoms with Gasteiger partial charge in [-0.1, -0.05) is 6.07 Å². The van der Waals surface area contributed by atoms with E-state index in [1.54, 1.807) is 36.7 Å². The minimum atomic E-state index is -0.340. The topological polar surface area (TPSA) is 88.0 Å². The zero-order chi connectivity index (χ0) is 16.2. The van der Waals surface area contributed by atoms with Gasteiger partial charge in [-0.05, 0) is 30.7 Å². The van der Waals surface area contributed by atoms with E-state index < -0.39 is 0 Å². The molecule has 0 unspecified atom stereocenters. The highest BCUT2D eigenvalue weighted by Crippen LogP contribution is 2.20. The number of aromatic hydroxyl groups is 1. The number of thiazole rings is 1. The van der Waals surface area contributed by atoms with E-state index >= 15 is 0 Å². The van der Waals surface area contributed by atoms with E-state index in [0.717, 1.165) is 11.3 Å². The Labute approximate surface area is 136 Å². The monoisotopic (exact) mass is 326 g/mol. The van der Waals surface area contributed by atoms with Crippen LogP contribution in [0.3, 0.4) is 0 Å². The normalized spacial score (nSPS) is 10.5. The van der Waals surface area contributed by atoms with Gasteiger partial charge in [-0.3, -0.25) is 4.79 Å². The van der Waals surface area contributed by atoms with Crippen LogP contribution in [0.5, 0.6) is 5.75 Å². The van der Waals surface area contributed by atoms with Gasteiger partial charge in [0.2, 0.25) is 0 Å². The van der Waals surface area contributed by atoms with Crippen LogP contribution in [-0.2, 0) is 6.54 Å². The predicted molar refractivity (Wildman–Crippen MR) is 87.2 cm³/mol. The molecule has 0 saturated heterocycles. The molecule has 2 aromatic heterocycles. The number of aromatic nitrogens is 3. The number of hydrogen-bond donors (Lipinski definition) is 2. The van der Waals surface area contributed by atoms with Crippen molar-refractivity contribution >= 4 is 17.2 Å². The highest BCUT2D eigenvalue weighted by Gasteiger charge is 2.12. The predicted octanol–water partition coefficient (Wildman–Crippen LogP) is 2.54. The highest BCUT2D eigenvalue weighted by molar-refractivity contribution is 7.13. The molecule has 0 aliphatic heterocycles. The second-order valence-electron chi connectivity index (χ2n) is 4.92. The fourth-order valence-corrected chi connectivity index (χ4v) is 2.76. The van der Waals surface area contributed by atoms with Crippen LogP contribution in [0.2, 0.25) is 0 Å². The van der Waals surface area contributed by atoms with Gasteiger partial charge in [-0.2, -0.15) is 0 Å². The number of nitrogens with one attached hydrogen (secondary N) is 1. The first-order valence-corrected chi connectivity index (χ1v) is 7.81. The molecule has 7 heteroatoms. The van der Waals surface area contributed by atoms with E-state index in [0.29, 0.717) is 10.8 Å². The molecule has 116 valence electrons. The van der Waals surface area contributed by atoms with Crippen LogP contribution in [0.25, 0.3) is 10.8 Å². The van der Waals surface area contributed by atoms with Crippen LogP contribution >= 0.6 is 11.3 Å². The van der Waals surface area contributed by atoms with E-state index in [2.05, 4.69) is 20.3 Å². The smallest absolute Gasteiger partial charge is 0.255 e. The van der Waals surface area contributed by atoms with Gasteiger partial charge in [0.1, 0.15) is 5.75 Å². The molecule has 1 amide bonds. The summed E-state index contributed by atoms with van der Waals surface area (Å²) in [6.45, 7) is 2.12. The van der Waals surface area contributed by atoms with Crippen LogP contribution in [0.1, 0.15) is 21.6 Å². The fraction of sp³-hybridized carbons (Fsp3) is 0.125. The Morgan fingerprint density at radius 2 is 2.09 bits per heavy atom. The molecule has 0 bridgehead atoms. The van der Waals surface area contributed by atoms with Crippen molar-refractivity contribution in [2.45, 2.75) is 13.5 Å². The zero-order valence-corrected chi connectivity index (χ0v) is 13.2. The molecule has 0 spiro atoms. The lowest BCUT2D eigenvalue weighted by molar-refractivity contribution is 0.0948. The molecule has 3 aromatic rings. The van der Waals surface area contributed by atoms with Crippen LogP contribution < -0.4 is 5.32 Å². The van der Waals surface area contributed by atoms with Crippen molar-refractivity contribution in [2.24, 2.45) is 0 Å². The van der Waals surface area contributed by atoms with Crippen molar-refractivity contribution in [1.29, 1.82) is 0 Å². The van der Waals surface area contributed by atoms with Crippen molar-refractivity contribution in [3.63, 3.8) is 0 Å². The molecule has 0 aliphatic carbocycles. The number of carbonyl (C=O) groups excluding carboxylic acids is 1. The third-order valence-electron chi connectivity index (χ3n) is 3.14. The number of rotatable bonds is 4. The Morgan fingerprint density at radius 1 is 1.30 bits per heavy atom. The molecule has 0 aliphatic rings. The average molecular weight is 326 g/mol. The molecule has 2 heterocycles. The summed E-state index contributed by atoms with van der Waals surface area (Å²) in [6, 6.07) is 6.68. The number of aryl methyl sites for hydroxylation is 1. The number of nitrogens with zero attached hydrogens (tertiary/aromatic N) is 3. The highest BCUT2D eigenvalue weighted by atomic mass is 32.1. The Hall–Kier alpha value is -2.80. The number of benzene rings is 1. The lowest BCUT2D eigenvalue weighted by atomic mass is 10.1. The second kappa shape index (κ2) is 6.53. The lowest BCUT2D eigenvalue weighted by Crippen LogP contribution is -2.23. The first-order chi connectivity index (χ1) is 11.1. The molecule has 2 N–H and O–H groups in total. The van der Waals surface area contributed by atoms with E-state index in [1.165, 1.54) is 11.3 Å². The Morgan fingerprint density at radius 3 is 2.83 bits per heavy atom. The summed E-state index contributed by atoms with van der Waals surface area (Å²) in [5, 5.41) is 15.1. The molecular formula is C16H14N4O2S. The Kier molecular flexibility index (Phi) is 4.29. The molecule has 23 heavy (non-hydrogen) atoms. The number of carbonyl (C=O) groups is 1. The van der Waals surface area contributed by atoms with Crippen molar-refractivity contribution in [1.82, 2.24) is 20.3 Å². The summed E-state index contributed by atoms with van der Waals surface area (Å²) in [4.78, 5) is 24.8. The second-order valence-corrected chi connectivity index (χ2v) is 5.78. The molecular weight excluding hydrogens is 312 g/mol. The van der Waals surface area contributed by atoms with Crippen LogP contribution in [0.4, 0.5) is 0 Å². The summed E-state index contributed by atoms with van der Waals surface area (Å²) in [7, 11) is 0. The van der Waals surface area contributed by atoms with Crippen LogP contribution in [0.15, 0.2) is 42.0 Å². The van der Waals surface area contributed by atoms with E-state index in [9.17, 15) is 9.90 Å². The Bertz CT molecular complexity index is 833. The maximum absolute atomic E-state index is 12.1. The lowest BCUT2D eigenvalue weighted by Gasteiger charge is -2.06. The molecule has 0 radical (unpaired) electrons. The molecule has 0 atom stereocenters. The SMILES string of the molecule is Cc1ccc(C(=O)NCc2csc(-c3ncccn3)n2)c(O)c1. The van der Waals surface area contributed by atoms with Gasteiger partial charge in [-0.15, -0.1) is 11.3 Å². The van der Waals surface area contributed by atoms with Gasteiger partial charge in [0.05, 0.1) is 17.8 Å². The first-order valence-electron chi connectivity index (χ1n) is 6.93. The third kappa shape index (κ3) is 3.51. The maximum Gasteiger partial charge on any atom is 0.255 e. The molecule has 1 aromatic carbocycles. The number of phenols is 1. The fourth-order valence-electron chi connectivity index (χ4n) is 2.00. The molecule has 0 saturated carbocycles. The number of phenolic OH excluding ortho intramolecular Hbond substituents is 1. The summed E-state index contributed by atoms with van der Waals surface area (Å²) in [5.41, 5.74) is 1.86. The van der Waals surface area contributed by atoms with Crippen molar-refractivity contribution < 1.29 is 9.90 Å². The first kappa shape index (κ1) is 15.1. The Balaban J connectivity index is 1.67. The quantitative estimate of drug-likeness (QED) is 0.769. The minimum Gasteiger partial charge on any atom is -0.507 e. The summed E-state index contributed by atoms with van der Waals surface area (Å²) in [6.07, 6.45) is 3.32. The minimum absolute atomic E-state index is 0.0286. The largest absolute Gasteiger partial charge is 0.507 e. The van der Waals surface area contributed by atoms with E-state index in [4.69, 9.17) is 0 Å². The van der Waals surface area contributed by atoms with Gasteiger partial charge in [0.25, 0.3) is 5.91 Å². The van der Waals surface area contributed by atoms with Gasteiger partial charge in [-0.25, -0.2) is 15.0 Å². The van der Waals surface area contributed by atoms with Gasteiger partial charge < -0.3 is 10.4 Å². The van der Waals surface area contributed by atoms with Crippen molar-refractivity contribution in [3.05, 3.63) is 58.9 Å². The molecule has 0 fully saturated rings. The van der Waals surface area contributed by atoms with Gasteiger partial charge in [0, 0.05) is 17.8 Å². The summed E-state index contributed by atoms with van der Waals surface area (Å²) in [5.74, 6) is 0.193. The van der Waals surface area contributed by atoms with Crippen LogP contribution in [-0.4, -0.2) is 26.0 Å². The van der Waals surface area contributed by atoms with Crippen molar-refractivity contribution in [3.8, 4) is 16.6 Å². The van der Waals surface area contributed by atoms with E-state index in [-0.39, 0.29) is 23.8 Å². The summed E-state index contributed by atoms with van der Waals surface area (Å²) < 4.78 is 0. The zero-order valence-electron chi connectivity index (χ0n) is 12.4. The summed E-state index contributed by atoms with van der Waals surface area (Å²) >= 11 is 1.42. The van der Waals surface area contributed by atoms with Crippen LogP contribution in [0, 0.1) is 6.92 Å². The number of hydrogen-bond acceptors (Lipinski definition) is 6. The average Bonchev–Trinajstić information content (AvgIpc) is 3.02. The van der Waals surface area contributed by atoms with E-state index in [1.807, 2.05) is 12.3 Å². The van der Waals surface area contributed by atoms with Gasteiger partial charge in [0.15, 0.2) is 10.8 Å². The third-order valence-corrected chi connectivity index (χ3v) is 4.02. The molecule has 6 nitrogen and oxygen atoms in total. The van der Waals surface area contributed by atoms with Gasteiger partial charge >= 0.3 is 0 Å². The number of amides is 1. The maximum atomic E-state index is 12.1. The standard InChI is InChI=1S/C16H14N4O2S/c1-10-3-4-12(13(21)7-10)15(22)19-8-11-9-23-16(20-11)14-17-5-2-6-18-14/h2-7,9,21H,8H2,1H3,(H,19,22). The van der Waals surface area contributed by atoms with Crippen molar-refractivity contribution in [2.75, 3.05) is 0 Å². The molecule has 3 rings (SSSR count).